The molecule has 28 heavy (non-hydrogen) atoms. The number of ether oxygens (including phenoxy) is 1. The lowest BCUT2D eigenvalue weighted by Crippen LogP contribution is -2.28. The van der Waals surface area contributed by atoms with Crippen molar-refractivity contribution in [2.45, 2.75) is 39.4 Å². The van der Waals surface area contributed by atoms with Crippen LogP contribution in [0.4, 0.5) is 0 Å². The van der Waals surface area contributed by atoms with Gasteiger partial charge in [-0.25, -0.2) is 4.79 Å². The molecular weight excluding hydrogens is 364 g/mol. The highest BCUT2D eigenvalue weighted by Gasteiger charge is 2.35. The lowest BCUT2D eigenvalue weighted by Gasteiger charge is -2.22. The fourth-order valence-corrected chi connectivity index (χ4v) is 2.62. The summed E-state index contributed by atoms with van der Waals surface area (Å²) in [5.41, 5.74) is -1.46. The molecule has 1 aromatic rings. The molecule has 1 unspecified atom stereocenters. The largest absolute Gasteiger partial charge is 0.507 e. The van der Waals surface area contributed by atoms with Gasteiger partial charge in [-0.2, -0.15) is 0 Å². The summed E-state index contributed by atoms with van der Waals surface area (Å²) in [7, 11) is 0. The molecule has 0 heterocycles. The minimum absolute atomic E-state index is 0.200. The first-order chi connectivity index (χ1) is 12.9. The first kappa shape index (κ1) is 21.1. The molecule has 0 fully saturated rings. The van der Waals surface area contributed by atoms with Gasteiger partial charge in [0, 0.05) is 11.6 Å². The number of esters is 1. The average Bonchev–Trinajstić information content (AvgIpc) is 2.55. The maximum atomic E-state index is 12.9. The van der Waals surface area contributed by atoms with Gasteiger partial charge in [0.25, 0.3) is 0 Å². The van der Waals surface area contributed by atoms with E-state index in [0.29, 0.717) is 5.57 Å². The van der Waals surface area contributed by atoms with Crippen LogP contribution < -0.4 is 0 Å². The fraction of sp³-hybridized carbons (Fsp3) is 0.286. The van der Waals surface area contributed by atoms with Crippen molar-refractivity contribution < 1.29 is 34.4 Å². The van der Waals surface area contributed by atoms with Gasteiger partial charge in [-0.15, -0.1) is 0 Å². The highest BCUT2D eigenvalue weighted by Crippen LogP contribution is 2.36. The molecule has 148 valence electrons. The van der Waals surface area contributed by atoms with Gasteiger partial charge >= 0.3 is 5.97 Å². The zero-order valence-corrected chi connectivity index (χ0v) is 16.0. The first-order valence-corrected chi connectivity index (χ1v) is 8.53. The standard InChI is InChI=1S/C21H22O7/c1-11(2)9-17(25)28-16(7-8-21(3,4)27)12-10-15(24)18-13(22)5-6-14(23)19(18)20(12)26/h5-10,16,22-23,27H,1-4H3/b8-7+. The number of aliphatic hydroxyl groups is 1. The summed E-state index contributed by atoms with van der Waals surface area (Å²) in [5.74, 6) is -3.13. The van der Waals surface area contributed by atoms with Crippen molar-refractivity contribution in [2.24, 2.45) is 0 Å². The average molecular weight is 386 g/mol. The second-order valence-electron chi connectivity index (χ2n) is 7.24. The molecule has 1 aliphatic rings. The maximum absolute atomic E-state index is 12.9. The number of rotatable bonds is 5. The molecule has 0 saturated carbocycles. The molecule has 0 spiro atoms. The molecule has 0 bridgehead atoms. The Morgan fingerprint density at radius 2 is 1.68 bits per heavy atom. The predicted molar refractivity (Wildman–Crippen MR) is 101 cm³/mol. The Balaban J connectivity index is 2.54. The predicted octanol–water partition coefficient (Wildman–Crippen LogP) is 2.61. The molecule has 0 amide bonds. The zero-order valence-electron chi connectivity index (χ0n) is 16.0. The van der Waals surface area contributed by atoms with Gasteiger partial charge < -0.3 is 20.1 Å². The number of Topliss-reactive ketones (excluding diaryl/α,β-unsaturated/α-hetero) is 1. The van der Waals surface area contributed by atoms with Crippen LogP contribution in [0.1, 0.15) is 48.4 Å². The Kier molecular flexibility index (Phi) is 5.89. The van der Waals surface area contributed by atoms with Crippen LogP contribution in [0, 0.1) is 0 Å². The molecular formula is C21H22O7. The van der Waals surface area contributed by atoms with Gasteiger partial charge in [-0.3, -0.25) is 9.59 Å². The number of fused-ring (bicyclic) bond motifs is 1. The normalized spacial score (nSPS) is 15.1. The third kappa shape index (κ3) is 4.75. The Labute approximate surface area is 162 Å². The monoisotopic (exact) mass is 386 g/mol. The molecule has 1 aliphatic carbocycles. The van der Waals surface area contributed by atoms with Crippen LogP contribution in [0.3, 0.4) is 0 Å². The molecule has 0 aliphatic heterocycles. The van der Waals surface area contributed by atoms with Crippen LogP contribution in [0.5, 0.6) is 11.5 Å². The third-order valence-corrected chi connectivity index (χ3v) is 3.82. The number of benzene rings is 1. The van der Waals surface area contributed by atoms with Crippen LogP contribution in [0.25, 0.3) is 0 Å². The number of hydrogen-bond donors (Lipinski definition) is 3. The second kappa shape index (κ2) is 7.82. The van der Waals surface area contributed by atoms with E-state index in [2.05, 4.69) is 0 Å². The molecule has 0 radical (unpaired) electrons. The summed E-state index contributed by atoms with van der Waals surface area (Å²) in [6, 6.07) is 2.21. The number of carbonyl (C=O) groups excluding carboxylic acids is 3. The zero-order chi connectivity index (χ0) is 21.2. The Hall–Kier alpha value is -3.19. The van der Waals surface area contributed by atoms with E-state index < -0.39 is 40.7 Å². The highest BCUT2D eigenvalue weighted by atomic mass is 16.5. The van der Waals surface area contributed by atoms with E-state index in [-0.39, 0.29) is 16.7 Å². The van der Waals surface area contributed by atoms with E-state index in [0.717, 1.165) is 18.2 Å². The Morgan fingerprint density at radius 1 is 1.11 bits per heavy atom. The summed E-state index contributed by atoms with van der Waals surface area (Å²) in [5, 5.41) is 29.9. The smallest absolute Gasteiger partial charge is 0.331 e. The molecule has 0 saturated heterocycles. The summed E-state index contributed by atoms with van der Waals surface area (Å²) < 4.78 is 5.30. The SMILES string of the molecule is CC(C)=CC(=O)OC(/C=C/C(C)(C)O)C1=CC(=O)c2c(O)ccc(O)c2C1=O. The van der Waals surface area contributed by atoms with E-state index in [4.69, 9.17) is 4.74 Å². The molecule has 3 N–H and O–H groups in total. The highest BCUT2D eigenvalue weighted by molar-refractivity contribution is 6.27. The summed E-state index contributed by atoms with van der Waals surface area (Å²) >= 11 is 0. The molecule has 2 rings (SSSR count). The molecule has 7 heteroatoms. The number of ketones is 2. The number of aromatic hydroxyl groups is 2. The Morgan fingerprint density at radius 3 is 2.21 bits per heavy atom. The molecule has 0 aromatic heterocycles. The summed E-state index contributed by atoms with van der Waals surface area (Å²) in [4.78, 5) is 37.4. The van der Waals surface area contributed by atoms with Gasteiger partial charge in [0.2, 0.25) is 0 Å². The van der Waals surface area contributed by atoms with Crippen LogP contribution in [0.2, 0.25) is 0 Å². The summed E-state index contributed by atoms with van der Waals surface area (Å²) in [6.07, 6.45) is 3.51. The van der Waals surface area contributed by atoms with Crippen molar-refractivity contribution in [3.63, 3.8) is 0 Å². The van der Waals surface area contributed by atoms with Crippen molar-refractivity contribution in [2.75, 3.05) is 0 Å². The van der Waals surface area contributed by atoms with Crippen LogP contribution in [0.15, 0.2) is 47.6 Å². The second-order valence-corrected chi connectivity index (χ2v) is 7.24. The van der Waals surface area contributed by atoms with Gasteiger partial charge in [-0.1, -0.05) is 11.6 Å². The van der Waals surface area contributed by atoms with Crippen molar-refractivity contribution >= 4 is 17.5 Å². The van der Waals surface area contributed by atoms with E-state index in [1.54, 1.807) is 13.8 Å². The quantitative estimate of drug-likeness (QED) is 0.308. The number of allylic oxidation sites excluding steroid dienone is 2. The van der Waals surface area contributed by atoms with Gasteiger partial charge in [0.1, 0.15) is 17.6 Å². The molecule has 1 aromatic carbocycles. The topological polar surface area (TPSA) is 121 Å². The number of hydrogen-bond acceptors (Lipinski definition) is 7. The van der Waals surface area contributed by atoms with Gasteiger partial charge in [0.05, 0.1) is 16.7 Å². The van der Waals surface area contributed by atoms with Crippen molar-refractivity contribution in [1.82, 2.24) is 0 Å². The van der Waals surface area contributed by atoms with E-state index >= 15 is 0 Å². The number of phenolic OH excluding ortho intramolecular Hbond substituents is 2. The number of carbonyl (C=O) groups is 3. The van der Waals surface area contributed by atoms with Crippen LogP contribution >= 0.6 is 0 Å². The van der Waals surface area contributed by atoms with Crippen molar-refractivity contribution in [3.05, 3.63) is 58.7 Å². The maximum Gasteiger partial charge on any atom is 0.331 e. The number of phenols is 2. The van der Waals surface area contributed by atoms with E-state index in [1.807, 2.05) is 0 Å². The lowest BCUT2D eigenvalue weighted by molar-refractivity contribution is -0.139. The van der Waals surface area contributed by atoms with Gasteiger partial charge in [0.15, 0.2) is 11.6 Å². The molecule has 1 atom stereocenters. The van der Waals surface area contributed by atoms with Crippen LogP contribution in [-0.2, 0) is 9.53 Å². The van der Waals surface area contributed by atoms with Crippen LogP contribution in [-0.4, -0.2) is 44.6 Å². The Bertz CT molecular complexity index is 923. The molecule has 7 nitrogen and oxygen atoms in total. The van der Waals surface area contributed by atoms with E-state index in [9.17, 15) is 29.7 Å². The first-order valence-electron chi connectivity index (χ1n) is 8.53. The van der Waals surface area contributed by atoms with Crippen molar-refractivity contribution in [3.8, 4) is 11.5 Å². The lowest BCUT2D eigenvalue weighted by atomic mass is 9.85. The van der Waals surface area contributed by atoms with Crippen molar-refractivity contribution in [1.29, 1.82) is 0 Å². The summed E-state index contributed by atoms with van der Waals surface area (Å²) in [6.45, 7) is 6.35. The van der Waals surface area contributed by atoms with E-state index in [1.165, 1.54) is 32.1 Å². The van der Waals surface area contributed by atoms with Gasteiger partial charge in [-0.05, 0) is 52.0 Å². The minimum atomic E-state index is -1.28. The third-order valence-electron chi connectivity index (χ3n) is 3.82. The fourth-order valence-electron chi connectivity index (χ4n) is 2.62. The minimum Gasteiger partial charge on any atom is -0.507 e.